The summed E-state index contributed by atoms with van der Waals surface area (Å²) in [6.07, 6.45) is 1.81. The van der Waals surface area contributed by atoms with Gasteiger partial charge in [-0.3, -0.25) is 4.90 Å². The van der Waals surface area contributed by atoms with E-state index in [4.69, 9.17) is 4.98 Å². The Morgan fingerprint density at radius 2 is 1.29 bits per heavy atom. The van der Waals surface area contributed by atoms with Crippen LogP contribution in [0.1, 0.15) is 0 Å². The lowest BCUT2D eigenvalue weighted by Crippen LogP contribution is -2.11. The maximum Gasteiger partial charge on any atom is 0.137 e. The molecule has 2 heterocycles. The SMILES string of the molecule is Oc1cc(-c2ccccc2)ccc1-c1nc2c(-c3cccc(N(c4ccccc4)c4ccccn4)c3)cccc2s1. The molecule has 2 aromatic heterocycles. The second-order valence-corrected chi connectivity index (χ2v) is 10.7. The van der Waals surface area contributed by atoms with Gasteiger partial charge in [-0.2, -0.15) is 0 Å². The monoisotopic (exact) mass is 547 g/mol. The van der Waals surface area contributed by atoms with Crippen molar-refractivity contribution in [2.75, 3.05) is 4.90 Å². The fourth-order valence-electron chi connectivity index (χ4n) is 5.11. The number of para-hydroxylation sites is 2. The van der Waals surface area contributed by atoms with Crippen molar-refractivity contribution in [1.29, 1.82) is 0 Å². The Kier molecular flexibility index (Phi) is 6.47. The molecule has 0 aliphatic carbocycles. The van der Waals surface area contributed by atoms with Gasteiger partial charge in [-0.15, -0.1) is 11.3 Å². The van der Waals surface area contributed by atoms with Gasteiger partial charge in [-0.05, 0) is 71.3 Å². The lowest BCUT2D eigenvalue weighted by molar-refractivity contribution is 0.477. The number of benzene rings is 5. The predicted octanol–water partition coefficient (Wildman–Crippen LogP) is 9.87. The van der Waals surface area contributed by atoms with E-state index in [9.17, 15) is 5.11 Å². The van der Waals surface area contributed by atoms with Gasteiger partial charge in [0.1, 0.15) is 16.6 Å². The van der Waals surface area contributed by atoms with E-state index in [1.165, 1.54) is 0 Å². The minimum absolute atomic E-state index is 0.225. The third-order valence-corrected chi connectivity index (χ3v) is 8.12. The number of hydrogen-bond donors (Lipinski definition) is 1. The Morgan fingerprint density at radius 1 is 0.561 bits per heavy atom. The van der Waals surface area contributed by atoms with E-state index in [1.807, 2.05) is 91.1 Å². The van der Waals surface area contributed by atoms with Crippen LogP contribution in [0.4, 0.5) is 17.2 Å². The number of pyridine rings is 1. The van der Waals surface area contributed by atoms with Crippen molar-refractivity contribution in [3.8, 4) is 38.6 Å². The van der Waals surface area contributed by atoms with Gasteiger partial charge in [0.2, 0.25) is 0 Å². The van der Waals surface area contributed by atoms with Crippen LogP contribution in [0.5, 0.6) is 5.75 Å². The van der Waals surface area contributed by atoms with E-state index in [-0.39, 0.29) is 5.75 Å². The zero-order chi connectivity index (χ0) is 27.6. The van der Waals surface area contributed by atoms with E-state index >= 15 is 0 Å². The first-order chi connectivity index (χ1) is 20.2. The minimum Gasteiger partial charge on any atom is -0.507 e. The molecule has 0 aliphatic rings. The average molecular weight is 548 g/mol. The smallest absolute Gasteiger partial charge is 0.137 e. The summed E-state index contributed by atoms with van der Waals surface area (Å²) in [5.41, 5.74) is 7.83. The van der Waals surface area contributed by atoms with Crippen molar-refractivity contribution < 1.29 is 5.11 Å². The van der Waals surface area contributed by atoms with Gasteiger partial charge >= 0.3 is 0 Å². The summed E-state index contributed by atoms with van der Waals surface area (Å²) in [5, 5.41) is 11.8. The molecule has 196 valence electrons. The predicted molar refractivity (Wildman–Crippen MR) is 170 cm³/mol. The molecule has 4 nitrogen and oxygen atoms in total. The maximum absolute atomic E-state index is 11.0. The Balaban J connectivity index is 1.30. The van der Waals surface area contributed by atoms with E-state index < -0.39 is 0 Å². The number of phenolic OH excluding ortho intramolecular Hbond substituents is 1. The van der Waals surface area contributed by atoms with Crippen molar-refractivity contribution in [2.45, 2.75) is 0 Å². The molecule has 0 saturated heterocycles. The van der Waals surface area contributed by atoms with E-state index in [0.29, 0.717) is 0 Å². The molecular weight excluding hydrogens is 522 g/mol. The lowest BCUT2D eigenvalue weighted by Gasteiger charge is -2.24. The van der Waals surface area contributed by atoms with E-state index in [2.05, 4.69) is 64.5 Å². The van der Waals surface area contributed by atoms with Crippen LogP contribution in [0.15, 0.2) is 146 Å². The molecule has 0 amide bonds. The Labute approximate surface area is 242 Å². The molecule has 0 aliphatic heterocycles. The van der Waals surface area contributed by atoms with Gasteiger partial charge < -0.3 is 5.11 Å². The van der Waals surface area contributed by atoms with Crippen LogP contribution in [-0.2, 0) is 0 Å². The van der Waals surface area contributed by atoms with Crippen LogP contribution in [0.25, 0.3) is 43.0 Å². The first-order valence-corrected chi connectivity index (χ1v) is 14.2. The summed E-state index contributed by atoms with van der Waals surface area (Å²) in [6, 6.07) is 46.8. The number of nitrogens with zero attached hydrogens (tertiary/aromatic N) is 3. The van der Waals surface area contributed by atoms with Crippen LogP contribution in [0.2, 0.25) is 0 Å². The Bertz CT molecular complexity index is 1910. The summed E-state index contributed by atoms with van der Waals surface area (Å²) < 4.78 is 1.07. The van der Waals surface area contributed by atoms with Gasteiger partial charge in [-0.25, -0.2) is 9.97 Å². The molecule has 5 heteroatoms. The molecular formula is C36H25N3OS. The molecule has 0 bridgehead atoms. The summed E-state index contributed by atoms with van der Waals surface area (Å²) in [6.45, 7) is 0. The number of aromatic nitrogens is 2. The molecule has 7 rings (SSSR count). The van der Waals surface area contributed by atoms with Crippen LogP contribution >= 0.6 is 11.3 Å². The zero-order valence-electron chi connectivity index (χ0n) is 22.1. The van der Waals surface area contributed by atoms with Crippen molar-refractivity contribution in [3.05, 3.63) is 146 Å². The van der Waals surface area contributed by atoms with Crippen molar-refractivity contribution >= 4 is 38.7 Å². The molecule has 0 atom stereocenters. The fourth-order valence-corrected chi connectivity index (χ4v) is 6.14. The summed E-state index contributed by atoms with van der Waals surface area (Å²) in [5.74, 6) is 1.07. The third-order valence-electron chi connectivity index (χ3n) is 7.06. The standard InChI is InChI=1S/C36H25N3OS/c40-32-24-26(25-11-3-1-4-12-25)20-21-31(32)36-38-35-30(17-10-18-33(35)41-36)27-13-9-16-29(23-27)39(28-14-5-2-6-15-28)34-19-7-8-22-37-34/h1-24,40H. The Morgan fingerprint density at radius 3 is 2.07 bits per heavy atom. The molecule has 0 fully saturated rings. The molecule has 0 unspecified atom stereocenters. The molecule has 0 radical (unpaired) electrons. The third kappa shape index (κ3) is 4.84. The highest BCUT2D eigenvalue weighted by atomic mass is 32.1. The highest BCUT2D eigenvalue weighted by Gasteiger charge is 2.17. The number of rotatable bonds is 6. The van der Waals surface area contributed by atoms with Crippen LogP contribution in [-0.4, -0.2) is 15.1 Å². The van der Waals surface area contributed by atoms with E-state index in [0.717, 1.165) is 60.2 Å². The van der Waals surface area contributed by atoms with Gasteiger partial charge in [0.05, 0.1) is 15.8 Å². The fraction of sp³-hybridized carbons (Fsp3) is 0. The number of thiazole rings is 1. The van der Waals surface area contributed by atoms with Crippen LogP contribution < -0.4 is 4.90 Å². The first-order valence-electron chi connectivity index (χ1n) is 13.4. The average Bonchev–Trinajstić information content (AvgIpc) is 3.47. The van der Waals surface area contributed by atoms with Crippen molar-refractivity contribution in [3.63, 3.8) is 0 Å². The highest BCUT2D eigenvalue weighted by molar-refractivity contribution is 7.21. The largest absolute Gasteiger partial charge is 0.507 e. The highest BCUT2D eigenvalue weighted by Crippen LogP contribution is 2.41. The van der Waals surface area contributed by atoms with Crippen molar-refractivity contribution in [1.82, 2.24) is 9.97 Å². The molecule has 5 aromatic carbocycles. The van der Waals surface area contributed by atoms with Gasteiger partial charge in [0.25, 0.3) is 0 Å². The van der Waals surface area contributed by atoms with Crippen LogP contribution in [0.3, 0.4) is 0 Å². The van der Waals surface area contributed by atoms with Gasteiger partial charge in [-0.1, -0.05) is 84.9 Å². The second kappa shape index (κ2) is 10.7. The number of aromatic hydroxyl groups is 1. The van der Waals surface area contributed by atoms with E-state index in [1.54, 1.807) is 11.3 Å². The number of anilines is 3. The number of phenols is 1. The summed E-state index contributed by atoms with van der Waals surface area (Å²) >= 11 is 1.59. The van der Waals surface area contributed by atoms with Gasteiger partial charge in [0, 0.05) is 23.1 Å². The Hall–Kier alpha value is -5.26. The van der Waals surface area contributed by atoms with Gasteiger partial charge in [0.15, 0.2) is 0 Å². The summed E-state index contributed by atoms with van der Waals surface area (Å²) in [7, 11) is 0. The molecule has 7 aromatic rings. The second-order valence-electron chi connectivity index (χ2n) is 9.68. The zero-order valence-corrected chi connectivity index (χ0v) is 22.9. The first kappa shape index (κ1) is 24.8. The lowest BCUT2D eigenvalue weighted by atomic mass is 10.0. The summed E-state index contributed by atoms with van der Waals surface area (Å²) in [4.78, 5) is 11.8. The molecule has 0 saturated carbocycles. The molecule has 1 N–H and O–H groups in total. The number of fused-ring (bicyclic) bond motifs is 1. The maximum atomic E-state index is 11.0. The normalized spacial score (nSPS) is 11.0. The van der Waals surface area contributed by atoms with Crippen molar-refractivity contribution in [2.24, 2.45) is 0 Å². The number of hydrogen-bond acceptors (Lipinski definition) is 5. The minimum atomic E-state index is 0.225. The quantitative estimate of drug-likeness (QED) is 0.225. The molecule has 41 heavy (non-hydrogen) atoms. The molecule has 0 spiro atoms. The topological polar surface area (TPSA) is 49.3 Å². The van der Waals surface area contributed by atoms with Crippen LogP contribution in [0, 0.1) is 0 Å².